The molecule has 0 bridgehead atoms. The van der Waals surface area contributed by atoms with E-state index in [4.69, 9.17) is 71.7 Å². The van der Waals surface area contributed by atoms with Crippen molar-refractivity contribution in [3.8, 4) is 11.5 Å². The highest BCUT2D eigenvalue weighted by molar-refractivity contribution is 8.26. The van der Waals surface area contributed by atoms with Gasteiger partial charge in [-0.2, -0.15) is 9.59 Å². The summed E-state index contributed by atoms with van der Waals surface area (Å²) in [5.41, 5.74) is 11.8. The van der Waals surface area contributed by atoms with Gasteiger partial charge in [0, 0.05) is 47.1 Å². The van der Waals surface area contributed by atoms with E-state index < -0.39 is 54.1 Å². The van der Waals surface area contributed by atoms with Crippen LogP contribution in [0.4, 0.5) is 8.78 Å². The van der Waals surface area contributed by atoms with E-state index in [0.29, 0.717) is 24.3 Å². The number of ether oxygens (including phenoxy) is 4. The number of aromatic hydroxyl groups is 1. The third kappa shape index (κ3) is 31.0. The van der Waals surface area contributed by atoms with E-state index in [0.717, 1.165) is 51.1 Å². The molecule has 3 aromatic heterocycles. The van der Waals surface area contributed by atoms with Crippen LogP contribution in [0.25, 0.3) is 0 Å². The molecule has 0 saturated heterocycles. The number of thiophene rings is 3. The summed E-state index contributed by atoms with van der Waals surface area (Å²) in [5.74, 6) is -4.20. The number of benzene rings is 5. The van der Waals surface area contributed by atoms with E-state index in [2.05, 4.69) is 27.4 Å². The van der Waals surface area contributed by atoms with E-state index in [1.807, 2.05) is 136 Å². The molecule has 5 aromatic carbocycles. The van der Waals surface area contributed by atoms with Crippen LogP contribution in [0, 0.1) is 38.7 Å². The van der Waals surface area contributed by atoms with Gasteiger partial charge in [0.1, 0.15) is 36.4 Å². The number of esters is 4. The summed E-state index contributed by atoms with van der Waals surface area (Å²) in [6.07, 6.45) is 1.86. The van der Waals surface area contributed by atoms with Crippen molar-refractivity contribution < 1.29 is 70.6 Å². The molecule has 93 heavy (non-hydrogen) atoms. The number of carbonyl (C=O) groups is 5. The van der Waals surface area contributed by atoms with Crippen molar-refractivity contribution in [2.75, 3.05) is 0 Å². The third-order valence-corrected chi connectivity index (χ3v) is 15.5. The van der Waals surface area contributed by atoms with Crippen molar-refractivity contribution in [1.29, 1.82) is 10.8 Å². The quantitative estimate of drug-likeness (QED) is 0.0103. The normalized spacial score (nSPS) is 10.4. The first-order valence-corrected chi connectivity index (χ1v) is 32.5. The lowest BCUT2D eigenvalue weighted by atomic mass is 9.89. The zero-order chi connectivity index (χ0) is 67.9. The van der Waals surface area contributed by atoms with Crippen LogP contribution in [-0.4, -0.2) is 56.3 Å². The number of hydrogen-bond donors (Lipinski definition) is 6. The van der Waals surface area contributed by atoms with Crippen molar-refractivity contribution in [1.82, 2.24) is 6.15 Å². The molecule has 498 valence electrons. The van der Waals surface area contributed by atoms with E-state index >= 15 is 0 Å². The van der Waals surface area contributed by atoms with Crippen LogP contribution < -0.4 is 22.4 Å². The first kappa shape index (κ1) is 83.0. The maximum absolute atomic E-state index is 14.1. The number of halogens is 6. The lowest BCUT2D eigenvalue weighted by Crippen LogP contribution is -2.28. The van der Waals surface area contributed by atoms with Gasteiger partial charge in [0.25, 0.3) is 5.24 Å². The van der Waals surface area contributed by atoms with Crippen LogP contribution in [0.15, 0.2) is 169 Å². The fourth-order valence-electron chi connectivity index (χ4n) is 7.43. The topological polar surface area (TPSA) is 328 Å². The molecule has 0 atom stereocenters. The largest absolute Gasteiger partial charge is 0.505 e. The van der Waals surface area contributed by atoms with Crippen LogP contribution >= 0.6 is 79.4 Å². The van der Waals surface area contributed by atoms with Gasteiger partial charge in [-0.25, -0.2) is 17.8 Å². The van der Waals surface area contributed by atoms with Crippen LogP contribution in [0.1, 0.15) is 103 Å². The number of nitrogens with two attached hydrogens (primary N) is 2. The maximum atomic E-state index is 14.1. The molecule has 10 N–H and O–H groups in total. The molecule has 0 fully saturated rings. The highest BCUT2D eigenvalue weighted by atomic mass is 36.0. The predicted molar refractivity (Wildman–Crippen MR) is 363 cm³/mol. The minimum absolute atomic E-state index is 0. The Morgan fingerprint density at radius 3 is 1.25 bits per heavy atom. The van der Waals surface area contributed by atoms with Crippen molar-refractivity contribution in [3.63, 3.8) is 0 Å². The molecular formula is C65H69Cl4F2N5O13S4. The van der Waals surface area contributed by atoms with E-state index in [1.54, 1.807) is 43.4 Å². The van der Waals surface area contributed by atoms with Gasteiger partial charge in [0.2, 0.25) is 9.23 Å². The average molecular weight is 1440 g/mol. The second-order valence-electron chi connectivity index (χ2n) is 21.0. The van der Waals surface area contributed by atoms with Gasteiger partial charge in [0.15, 0.2) is 23.1 Å². The molecule has 0 aliphatic rings. The third-order valence-electron chi connectivity index (χ3n) is 12.1. The Labute approximate surface area is 572 Å². The number of phenolic OH excluding ortho intramolecular Hbond substituents is 1. The molecule has 3 heterocycles. The van der Waals surface area contributed by atoms with Crippen LogP contribution in [0.2, 0.25) is 0 Å². The number of carbonyl (C=O) groups excluding carboxylic acids is 7. The minimum Gasteiger partial charge on any atom is -0.505 e. The molecule has 0 amide bonds. The standard InChI is InChI=1S/C24H23FN2O4S.C17H17ClO3S.C16H18O2S.C7H7FN2O.CO2.Cl2OS.ClH.H3N/c1-24(2,23(29)30-14-15-6-4-3-5-7-15)13-17-9-11-20(32-17)22(28)31-19-10-8-16(21(26)27)12-18(19)25;1-17(2,10-13-8-9-14(22-13)15(18)19)16(20)21-11-12-6-4-3-5-7-12;1-16(2,11-14-9-6-10-19-14)15(17)18-12-13-7-4-3-5-8-13;8-5-3-4(7(9)10)1-2-6(5)11;2-1-3;1-4(2)3;;/h3-12H,13-14H2,1-2H3,(H3,26,27);3-9H,10-11H2,1-2H3;3-10H,11-12H2,1-2H3;1-3,11H,(H3,9,10);;;1H;1H3. The second kappa shape index (κ2) is 41.6. The zero-order valence-corrected chi connectivity index (χ0v) is 57.4. The monoisotopic (exact) mass is 1430 g/mol. The van der Waals surface area contributed by atoms with Gasteiger partial charge in [0.05, 0.1) is 21.1 Å². The molecule has 8 aromatic rings. The zero-order valence-electron chi connectivity index (χ0n) is 51.0. The molecule has 8 rings (SSSR count). The number of nitrogens with one attached hydrogen (secondary N) is 2. The van der Waals surface area contributed by atoms with Crippen molar-refractivity contribution in [2.45, 2.75) is 80.6 Å². The molecule has 0 radical (unpaired) electrons. The number of rotatable bonds is 20. The summed E-state index contributed by atoms with van der Waals surface area (Å²) >= 11 is 9.61. The fraction of sp³-hybridized carbons (Fsp3) is 0.231. The van der Waals surface area contributed by atoms with Gasteiger partial charge in [-0.3, -0.25) is 30.0 Å². The van der Waals surface area contributed by atoms with Crippen LogP contribution in [0.5, 0.6) is 11.5 Å². The summed E-state index contributed by atoms with van der Waals surface area (Å²) in [5, 5.41) is 24.6. The highest BCUT2D eigenvalue weighted by Gasteiger charge is 2.33. The summed E-state index contributed by atoms with van der Waals surface area (Å²) in [6, 6.07) is 46.9. The van der Waals surface area contributed by atoms with E-state index in [-0.39, 0.29) is 89.3 Å². The number of nitrogen functional groups attached to an aromatic ring is 2. The molecule has 0 saturated carbocycles. The van der Waals surface area contributed by atoms with Crippen LogP contribution in [-0.2, 0) is 86.5 Å². The first-order chi connectivity index (χ1) is 42.9. The number of amidine groups is 2. The lowest BCUT2D eigenvalue weighted by molar-refractivity contribution is -0.191. The summed E-state index contributed by atoms with van der Waals surface area (Å²) in [6.45, 7) is 11.9. The summed E-state index contributed by atoms with van der Waals surface area (Å²) < 4.78 is 57.1. The summed E-state index contributed by atoms with van der Waals surface area (Å²) in [4.78, 5) is 80.5. The Morgan fingerprint density at radius 1 is 0.559 bits per heavy atom. The smallest absolute Gasteiger partial charge is 0.373 e. The maximum Gasteiger partial charge on any atom is 0.373 e. The molecule has 0 aliphatic heterocycles. The van der Waals surface area contributed by atoms with Crippen LogP contribution in [0.3, 0.4) is 0 Å². The SMILES string of the molecule is CC(C)(Cc1ccc(C(=O)Cl)s1)C(=O)OCc1ccccc1.CC(C)(Cc1ccc(C(=O)Oc2ccc(C(=N)N)cc2F)s1)C(=O)OCc1ccccc1.CC(C)(Cc1cccs1)C(=O)OCc1ccccc1.Cl.N.N=C(N)c1ccc(O)c(F)c1.O=C=O.O=S(Cl)Cl. The van der Waals surface area contributed by atoms with Gasteiger partial charge >= 0.3 is 30.0 Å². The Bertz CT molecular complexity index is 3740. The van der Waals surface area contributed by atoms with Gasteiger partial charge in [-0.15, -0.1) is 46.4 Å². The highest BCUT2D eigenvalue weighted by Crippen LogP contribution is 2.32. The summed E-state index contributed by atoms with van der Waals surface area (Å²) in [7, 11) is 7.36. The molecule has 28 heteroatoms. The molecule has 0 aliphatic carbocycles. The van der Waals surface area contributed by atoms with E-state index in [9.17, 15) is 32.8 Å². The molecule has 18 nitrogen and oxygen atoms in total. The Balaban J connectivity index is 0.000000624. The predicted octanol–water partition coefficient (Wildman–Crippen LogP) is 15.1. The second-order valence-corrected chi connectivity index (χ2v) is 27.3. The molecule has 0 unspecified atom stereocenters. The molecule has 0 spiro atoms. The van der Waals surface area contributed by atoms with Gasteiger partial charge < -0.3 is 41.7 Å². The average Bonchev–Trinajstić information content (AvgIpc) is 1.88. The van der Waals surface area contributed by atoms with E-state index in [1.165, 1.54) is 45.7 Å². The fourth-order valence-corrected chi connectivity index (χ4v) is 10.7. The Morgan fingerprint density at radius 2 is 0.914 bits per heavy atom. The number of hydrogen-bond acceptors (Lipinski definition) is 19. The Hall–Kier alpha value is -8.00. The van der Waals surface area contributed by atoms with Gasteiger partial charge in [-0.1, -0.05) is 97.1 Å². The molecular weight excluding hydrogens is 1370 g/mol. The lowest BCUT2D eigenvalue weighted by Gasteiger charge is -2.21. The number of phenols is 1. The first-order valence-electron chi connectivity index (χ1n) is 26.8. The van der Waals surface area contributed by atoms with Crippen molar-refractivity contribution in [3.05, 3.63) is 233 Å². The van der Waals surface area contributed by atoms with Gasteiger partial charge in [-0.05, 0) is 161 Å². The minimum atomic E-state index is -1.67. The van der Waals surface area contributed by atoms with Crippen molar-refractivity contribution in [2.24, 2.45) is 27.7 Å². The van der Waals surface area contributed by atoms with Crippen molar-refractivity contribution >= 4 is 136 Å². The Kier molecular flexibility index (Phi) is 37.1.